The molecule has 1 aliphatic heterocycles. The van der Waals surface area contributed by atoms with Crippen molar-refractivity contribution in [1.82, 2.24) is 0 Å². The van der Waals surface area contributed by atoms with Gasteiger partial charge in [-0.1, -0.05) is 19.4 Å². The van der Waals surface area contributed by atoms with Crippen molar-refractivity contribution in [3.05, 3.63) is 11.6 Å². The molecule has 0 amide bonds. The average Bonchev–Trinajstić information content (AvgIpc) is 3.36. The highest BCUT2D eigenvalue weighted by Crippen LogP contribution is 2.79. The van der Waals surface area contributed by atoms with E-state index in [1.807, 2.05) is 6.08 Å². The van der Waals surface area contributed by atoms with Crippen LogP contribution in [0.25, 0.3) is 0 Å². The molecule has 1 saturated heterocycles. The minimum Gasteiger partial charge on any atom is -0.469 e. The molecule has 0 aromatic heterocycles. The van der Waals surface area contributed by atoms with Crippen LogP contribution in [-0.4, -0.2) is 30.4 Å². The summed E-state index contributed by atoms with van der Waals surface area (Å²) in [6, 6.07) is 0. The number of carbonyl (C=O) groups excluding carboxylic acids is 3. The summed E-state index contributed by atoms with van der Waals surface area (Å²) in [5, 5.41) is 0. The number of ketones is 1. The Bertz CT molecular complexity index is 890. The first-order chi connectivity index (χ1) is 14.2. The number of carbonyl (C=O) groups is 3. The summed E-state index contributed by atoms with van der Waals surface area (Å²) < 4.78 is 11.5. The first-order valence-electron chi connectivity index (χ1n) is 11.8. The van der Waals surface area contributed by atoms with Crippen LogP contribution < -0.4 is 0 Å². The van der Waals surface area contributed by atoms with Crippen LogP contribution >= 0.6 is 0 Å². The van der Waals surface area contributed by atoms with Gasteiger partial charge in [0, 0.05) is 24.2 Å². The lowest BCUT2D eigenvalue weighted by atomic mass is 9.43. The van der Waals surface area contributed by atoms with Crippen molar-refractivity contribution in [2.24, 2.45) is 46.3 Å². The van der Waals surface area contributed by atoms with E-state index in [-0.39, 0.29) is 46.0 Å². The van der Waals surface area contributed by atoms with Gasteiger partial charge in [-0.05, 0) is 73.7 Å². The summed E-state index contributed by atoms with van der Waals surface area (Å²) in [6.07, 6.45) is 8.58. The predicted molar refractivity (Wildman–Crippen MR) is 108 cm³/mol. The van der Waals surface area contributed by atoms with Crippen molar-refractivity contribution in [1.29, 1.82) is 0 Å². The summed E-state index contributed by atoms with van der Waals surface area (Å²) >= 11 is 0. The lowest BCUT2D eigenvalue weighted by Gasteiger charge is -2.61. The van der Waals surface area contributed by atoms with E-state index in [1.54, 1.807) is 0 Å². The number of ether oxygens (including phenoxy) is 2. The monoisotopic (exact) mass is 412 g/mol. The predicted octanol–water partition coefficient (Wildman–Crippen LogP) is 3.85. The van der Waals surface area contributed by atoms with Gasteiger partial charge in [-0.2, -0.15) is 0 Å². The van der Waals surface area contributed by atoms with Gasteiger partial charge < -0.3 is 9.47 Å². The third kappa shape index (κ3) is 2.07. The minimum absolute atomic E-state index is 0.00305. The van der Waals surface area contributed by atoms with Crippen molar-refractivity contribution in [2.45, 2.75) is 70.8 Å². The largest absolute Gasteiger partial charge is 0.469 e. The topological polar surface area (TPSA) is 69.7 Å². The average molecular weight is 413 g/mol. The molecule has 5 fully saturated rings. The Morgan fingerprint density at radius 2 is 1.93 bits per heavy atom. The molecule has 6 rings (SSSR count). The first kappa shape index (κ1) is 19.1. The molecular formula is C25H32O5. The molecule has 0 aromatic rings. The Hall–Kier alpha value is -1.65. The molecule has 0 aromatic carbocycles. The Kier molecular flexibility index (Phi) is 3.67. The smallest absolute Gasteiger partial charge is 0.309 e. The van der Waals surface area contributed by atoms with Gasteiger partial charge in [0.25, 0.3) is 0 Å². The second-order valence-electron chi connectivity index (χ2n) is 11.4. The molecule has 5 nitrogen and oxygen atoms in total. The number of fused-ring (bicyclic) bond motifs is 9. The summed E-state index contributed by atoms with van der Waals surface area (Å²) in [6.45, 7) is 4.69. The maximum Gasteiger partial charge on any atom is 0.309 e. The fraction of sp³-hybridized carbons (Fsp3) is 0.800. The van der Waals surface area contributed by atoms with Crippen molar-refractivity contribution >= 4 is 17.7 Å². The Balaban J connectivity index is 1.46. The van der Waals surface area contributed by atoms with Gasteiger partial charge in [0.2, 0.25) is 0 Å². The van der Waals surface area contributed by atoms with Crippen LogP contribution in [0.4, 0.5) is 0 Å². The van der Waals surface area contributed by atoms with E-state index >= 15 is 0 Å². The highest BCUT2D eigenvalue weighted by atomic mass is 16.6. The molecular weight excluding hydrogens is 380 g/mol. The molecule has 9 atom stereocenters. The van der Waals surface area contributed by atoms with E-state index in [1.165, 1.54) is 12.7 Å². The SMILES string of the molecule is COC(=O)[C@@H]1CC2=CC(=O)CCC2(C)C2CCC3(C)C(C21)[C@@H]1C[C@@H]1C31CCC(=O)O1. The quantitative estimate of drug-likeness (QED) is 0.612. The summed E-state index contributed by atoms with van der Waals surface area (Å²) in [5.41, 5.74) is 0.801. The molecule has 1 spiro atoms. The molecule has 1 heterocycles. The molecule has 5 heteroatoms. The van der Waals surface area contributed by atoms with Crippen LogP contribution in [0.5, 0.6) is 0 Å². The zero-order valence-corrected chi connectivity index (χ0v) is 18.2. The number of hydrogen-bond acceptors (Lipinski definition) is 5. The standard InChI is InChI=1S/C25H32O5/c1-23-7-4-14(26)10-13(23)11-16(22(28)29-3)20-17(23)5-8-24(2)21(20)15-12-18(15)25(24)9-6-19(27)30-25/h10,15-18,20-21H,4-9,11-12H2,1-3H3/t15-,16-,17?,18+,20?,21?,23?,24?,25?/m1/s1. The molecule has 6 unspecified atom stereocenters. The van der Waals surface area contributed by atoms with Gasteiger partial charge in [-0.25, -0.2) is 0 Å². The fourth-order valence-corrected chi connectivity index (χ4v) is 9.30. The highest BCUT2D eigenvalue weighted by molar-refractivity contribution is 5.92. The summed E-state index contributed by atoms with van der Waals surface area (Å²) in [7, 11) is 1.49. The second-order valence-corrected chi connectivity index (χ2v) is 11.4. The summed E-state index contributed by atoms with van der Waals surface area (Å²) in [4.78, 5) is 37.5. The Morgan fingerprint density at radius 1 is 1.13 bits per heavy atom. The second kappa shape index (κ2) is 5.77. The number of methoxy groups -OCH3 is 1. The van der Waals surface area contributed by atoms with Crippen molar-refractivity contribution in [3.63, 3.8) is 0 Å². The summed E-state index contributed by atoms with van der Waals surface area (Å²) in [5.74, 6) is 1.90. The van der Waals surface area contributed by atoms with E-state index in [4.69, 9.17) is 9.47 Å². The molecule has 4 saturated carbocycles. The van der Waals surface area contributed by atoms with E-state index in [0.29, 0.717) is 42.9 Å². The highest BCUT2D eigenvalue weighted by Gasteiger charge is 2.80. The lowest BCUT2D eigenvalue weighted by Crippen LogP contribution is -2.59. The third-order valence-electron chi connectivity index (χ3n) is 10.6. The lowest BCUT2D eigenvalue weighted by molar-refractivity contribution is -0.185. The normalized spacial score (nSPS) is 53.2. The van der Waals surface area contributed by atoms with Crippen molar-refractivity contribution in [2.75, 3.05) is 7.11 Å². The number of hydrogen-bond donors (Lipinski definition) is 0. The minimum atomic E-state index is -0.315. The maximum absolute atomic E-state index is 13.0. The van der Waals surface area contributed by atoms with Crippen LogP contribution in [0.15, 0.2) is 11.6 Å². The number of esters is 2. The third-order valence-corrected chi connectivity index (χ3v) is 10.6. The van der Waals surface area contributed by atoms with E-state index in [0.717, 1.165) is 32.1 Å². The number of rotatable bonds is 1. The Morgan fingerprint density at radius 3 is 2.63 bits per heavy atom. The van der Waals surface area contributed by atoms with Gasteiger partial charge in [-0.3, -0.25) is 14.4 Å². The van der Waals surface area contributed by atoms with Crippen LogP contribution in [0.1, 0.15) is 65.2 Å². The van der Waals surface area contributed by atoms with Crippen LogP contribution in [-0.2, 0) is 23.9 Å². The van der Waals surface area contributed by atoms with Crippen LogP contribution in [0.3, 0.4) is 0 Å². The Labute approximate surface area is 177 Å². The van der Waals surface area contributed by atoms with Gasteiger partial charge in [-0.15, -0.1) is 0 Å². The molecule has 30 heavy (non-hydrogen) atoms. The van der Waals surface area contributed by atoms with E-state index in [9.17, 15) is 14.4 Å². The van der Waals surface area contributed by atoms with Gasteiger partial charge in [0.15, 0.2) is 5.78 Å². The van der Waals surface area contributed by atoms with Gasteiger partial charge in [0.1, 0.15) is 5.60 Å². The molecule has 0 bridgehead atoms. The van der Waals surface area contributed by atoms with E-state index in [2.05, 4.69) is 13.8 Å². The van der Waals surface area contributed by atoms with E-state index < -0.39 is 0 Å². The molecule has 5 aliphatic carbocycles. The molecule has 0 N–H and O–H groups in total. The first-order valence-corrected chi connectivity index (χ1v) is 11.8. The van der Waals surface area contributed by atoms with Gasteiger partial charge in [0.05, 0.1) is 13.0 Å². The molecule has 6 aliphatic rings. The zero-order chi connectivity index (χ0) is 21.1. The van der Waals surface area contributed by atoms with Crippen LogP contribution in [0, 0.1) is 46.3 Å². The fourth-order valence-electron chi connectivity index (χ4n) is 9.30. The van der Waals surface area contributed by atoms with Gasteiger partial charge >= 0.3 is 11.9 Å². The molecule has 162 valence electrons. The van der Waals surface area contributed by atoms with Crippen molar-refractivity contribution in [3.8, 4) is 0 Å². The van der Waals surface area contributed by atoms with Crippen LogP contribution in [0.2, 0.25) is 0 Å². The van der Waals surface area contributed by atoms with Crippen molar-refractivity contribution < 1.29 is 23.9 Å². The zero-order valence-electron chi connectivity index (χ0n) is 18.2. The molecule has 0 radical (unpaired) electrons. The maximum atomic E-state index is 13.0. The number of allylic oxidation sites excluding steroid dienone is 1.